The van der Waals surface area contributed by atoms with Crippen molar-refractivity contribution >= 4 is 35.5 Å². The number of aliphatic carboxylic acids is 1. The Balaban J connectivity index is 1.70. The fourth-order valence-electron chi connectivity index (χ4n) is 3.32. The fourth-order valence-corrected chi connectivity index (χ4v) is 4.66. The summed E-state index contributed by atoms with van der Waals surface area (Å²) in [4.78, 5) is 51.2. The van der Waals surface area contributed by atoms with Crippen molar-refractivity contribution in [2.45, 2.75) is 18.3 Å². The molecule has 0 radical (unpaired) electrons. The van der Waals surface area contributed by atoms with Gasteiger partial charge in [0.25, 0.3) is 17.7 Å². The van der Waals surface area contributed by atoms with E-state index in [9.17, 15) is 24.3 Å². The maximum atomic E-state index is 12.6. The van der Waals surface area contributed by atoms with Gasteiger partial charge in [0.2, 0.25) is 0 Å². The van der Waals surface area contributed by atoms with E-state index in [2.05, 4.69) is 0 Å². The molecule has 24 heavy (non-hydrogen) atoms. The summed E-state index contributed by atoms with van der Waals surface area (Å²) >= 11 is 1.36. The van der Waals surface area contributed by atoms with E-state index in [1.807, 2.05) is 0 Å². The van der Waals surface area contributed by atoms with Gasteiger partial charge in [-0.25, -0.2) is 4.79 Å². The van der Waals surface area contributed by atoms with Gasteiger partial charge in [0.15, 0.2) is 0 Å². The molecule has 122 valence electrons. The number of thioether (sulfide) groups is 1. The molecule has 7 nitrogen and oxygen atoms in total. The molecule has 0 saturated carbocycles. The molecule has 0 spiro atoms. The number of amides is 3. The zero-order valence-corrected chi connectivity index (χ0v) is 13.4. The third kappa shape index (κ3) is 1.74. The minimum absolute atomic E-state index is 0.0448. The van der Waals surface area contributed by atoms with Crippen LogP contribution < -0.4 is 0 Å². The Morgan fingerprint density at radius 2 is 1.71 bits per heavy atom. The number of carbonyl (C=O) groups excluding carboxylic acids is 3. The number of nitrogens with zero attached hydrogens (tertiary/aromatic N) is 2. The fraction of sp³-hybridized carbons (Fsp3) is 0.250. The predicted molar refractivity (Wildman–Crippen MR) is 84.2 cm³/mol. The van der Waals surface area contributed by atoms with Crippen LogP contribution in [0.25, 0.3) is 0 Å². The standard InChI is InChI=1S/C16H12N2O5S/c1-7-6-24-15-11(14(21)18(15)10(7)16(22)23)17-12(19)8-4-2-3-5-9(8)13(17)20/h2-5,11,15H,6H2,1H3,(H,22,23)/t11?,15-/m1/s1. The Bertz CT molecular complexity index is 827. The first kappa shape index (κ1) is 14.9. The monoisotopic (exact) mass is 344 g/mol. The van der Waals surface area contributed by atoms with Gasteiger partial charge in [-0.3, -0.25) is 24.2 Å². The third-order valence-electron chi connectivity index (χ3n) is 4.44. The number of carbonyl (C=O) groups is 4. The normalized spacial score (nSPS) is 25.6. The molecule has 1 fully saturated rings. The lowest BCUT2D eigenvalue weighted by molar-refractivity contribution is -0.151. The molecule has 3 heterocycles. The van der Waals surface area contributed by atoms with Gasteiger partial charge >= 0.3 is 5.97 Å². The largest absolute Gasteiger partial charge is 0.477 e. The van der Waals surface area contributed by atoms with Crippen molar-refractivity contribution in [1.29, 1.82) is 0 Å². The van der Waals surface area contributed by atoms with Crippen LogP contribution in [0.5, 0.6) is 0 Å². The molecule has 1 saturated heterocycles. The summed E-state index contributed by atoms with van der Waals surface area (Å²) in [5.41, 5.74) is 1.11. The van der Waals surface area contributed by atoms with Gasteiger partial charge in [-0.05, 0) is 24.6 Å². The number of carboxylic acids is 1. The molecule has 4 rings (SSSR count). The Kier molecular flexibility index (Phi) is 3.08. The Labute approximate surface area is 140 Å². The number of imide groups is 1. The maximum absolute atomic E-state index is 12.6. The van der Waals surface area contributed by atoms with Crippen LogP contribution in [0.2, 0.25) is 0 Å². The summed E-state index contributed by atoms with van der Waals surface area (Å²) in [6.45, 7) is 1.66. The molecular formula is C16H12N2O5S. The molecule has 1 N–H and O–H groups in total. The smallest absolute Gasteiger partial charge is 0.352 e. The van der Waals surface area contributed by atoms with E-state index >= 15 is 0 Å². The van der Waals surface area contributed by atoms with Crippen molar-refractivity contribution in [2.24, 2.45) is 0 Å². The molecule has 3 aliphatic rings. The first-order valence-corrected chi connectivity index (χ1v) is 8.33. The van der Waals surface area contributed by atoms with Crippen molar-refractivity contribution in [3.05, 3.63) is 46.7 Å². The van der Waals surface area contributed by atoms with Crippen LogP contribution in [0.4, 0.5) is 0 Å². The molecular weight excluding hydrogens is 332 g/mol. The second-order valence-corrected chi connectivity index (χ2v) is 6.92. The molecule has 3 amide bonds. The summed E-state index contributed by atoms with van der Waals surface area (Å²) in [7, 11) is 0. The van der Waals surface area contributed by atoms with E-state index in [1.165, 1.54) is 16.7 Å². The van der Waals surface area contributed by atoms with Gasteiger partial charge in [-0.1, -0.05) is 12.1 Å². The van der Waals surface area contributed by atoms with Crippen molar-refractivity contribution < 1.29 is 24.3 Å². The highest BCUT2D eigenvalue weighted by molar-refractivity contribution is 8.00. The SMILES string of the molecule is CC1=C(C(=O)O)N2C(=O)C(N3C(=O)c4ccccc4C3=O)[C@H]2SC1. The zero-order valence-electron chi connectivity index (χ0n) is 12.6. The Morgan fingerprint density at radius 3 is 2.25 bits per heavy atom. The Morgan fingerprint density at radius 1 is 1.12 bits per heavy atom. The first-order chi connectivity index (χ1) is 11.4. The lowest BCUT2D eigenvalue weighted by Gasteiger charge is -2.51. The van der Waals surface area contributed by atoms with Crippen LogP contribution >= 0.6 is 11.8 Å². The number of rotatable bonds is 2. The van der Waals surface area contributed by atoms with Crippen molar-refractivity contribution in [2.75, 3.05) is 5.75 Å². The molecule has 2 atom stereocenters. The highest BCUT2D eigenvalue weighted by Crippen LogP contribution is 2.44. The highest BCUT2D eigenvalue weighted by Gasteiger charge is 2.59. The summed E-state index contributed by atoms with van der Waals surface area (Å²) < 4.78 is 0. The predicted octanol–water partition coefficient (Wildman–Crippen LogP) is 0.925. The summed E-state index contributed by atoms with van der Waals surface area (Å²) in [5, 5.41) is 8.79. The van der Waals surface area contributed by atoms with E-state index in [4.69, 9.17) is 0 Å². The zero-order chi connectivity index (χ0) is 17.2. The Hall–Kier alpha value is -2.61. The first-order valence-electron chi connectivity index (χ1n) is 7.28. The molecule has 8 heteroatoms. The molecule has 1 aromatic carbocycles. The van der Waals surface area contributed by atoms with Crippen LogP contribution in [0.1, 0.15) is 27.6 Å². The lowest BCUT2D eigenvalue weighted by atomic mass is 10.0. The molecule has 0 bridgehead atoms. The van der Waals surface area contributed by atoms with Gasteiger partial charge < -0.3 is 5.11 Å². The van der Waals surface area contributed by atoms with Crippen molar-refractivity contribution in [3.63, 3.8) is 0 Å². The number of benzene rings is 1. The summed E-state index contributed by atoms with van der Waals surface area (Å²) in [5.74, 6) is -2.27. The van der Waals surface area contributed by atoms with Gasteiger partial charge in [0.05, 0.1) is 11.1 Å². The van der Waals surface area contributed by atoms with E-state index in [0.29, 0.717) is 11.3 Å². The van der Waals surface area contributed by atoms with Gasteiger partial charge in [0, 0.05) is 5.75 Å². The topological polar surface area (TPSA) is 95.0 Å². The second kappa shape index (κ2) is 4.94. The molecule has 0 aromatic heterocycles. The molecule has 0 aliphatic carbocycles. The maximum Gasteiger partial charge on any atom is 0.352 e. The highest BCUT2D eigenvalue weighted by atomic mass is 32.2. The second-order valence-electron chi connectivity index (χ2n) is 5.81. The number of β-lactam (4-membered cyclic amide) rings is 1. The average molecular weight is 344 g/mol. The van der Waals surface area contributed by atoms with Crippen LogP contribution in [0.15, 0.2) is 35.5 Å². The third-order valence-corrected chi connectivity index (χ3v) is 5.85. The minimum atomic E-state index is -1.17. The van der Waals surface area contributed by atoms with E-state index in [-0.39, 0.29) is 16.8 Å². The molecule has 1 aromatic rings. The number of hydrogen-bond acceptors (Lipinski definition) is 5. The van der Waals surface area contributed by atoms with Crippen molar-refractivity contribution in [1.82, 2.24) is 9.80 Å². The number of fused-ring (bicyclic) bond motifs is 2. The quantitative estimate of drug-likeness (QED) is 0.633. The van der Waals surface area contributed by atoms with Gasteiger partial charge in [-0.2, -0.15) is 0 Å². The average Bonchev–Trinajstić information content (AvgIpc) is 2.80. The van der Waals surface area contributed by atoms with Crippen LogP contribution in [0.3, 0.4) is 0 Å². The minimum Gasteiger partial charge on any atom is -0.477 e. The van der Waals surface area contributed by atoms with E-state index < -0.39 is 35.1 Å². The van der Waals surface area contributed by atoms with Crippen LogP contribution in [-0.2, 0) is 9.59 Å². The van der Waals surface area contributed by atoms with E-state index in [0.717, 1.165) is 4.90 Å². The molecule has 1 unspecified atom stereocenters. The summed E-state index contributed by atoms with van der Waals surface area (Å²) in [6, 6.07) is 5.47. The van der Waals surface area contributed by atoms with Gasteiger partial charge in [0.1, 0.15) is 17.1 Å². The number of carboxylic acid groups (broad SMARTS) is 1. The van der Waals surface area contributed by atoms with E-state index in [1.54, 1.807) is 31.2 Å². The number of hydrogen-bond donors (Lipinski definition) is 1. The lowest BCUT2D eigenvalue weighted by Crippen LogP contribution is -2.71. The van der Waals surface area contributed by atoms with Gasteiger partial charge in [-0.15, -0.1) is 11.8 Å². The van der Waals surface area contributed by atoms with Crippen molar-refractivity contribution in [3.8, 4) is 0 Å². The molecule has 3 aliphatic heterocycles. The van der Waals surface area contributed by atoms with Crippen LogP contribution in [0, 0.1) is 0 Å². The van der Waals surface area contributed by atoms with Crippen LogP contribution in [-0.4, -0.2) is 55.8 Å². The summed E-state index contributed by atoms with van der Waals surface area (Å²) in [6.07, 6.45) is 0.